The van der Waals surface area contributed by atoms with Crippen molar-refractivity contribution in [1.29, 1.82) is 0 Å². The van der Waals surface area contributed by atoms with Crippen LogP contribution in [0.4, 0.5) is 5.82 Å². The maximum absolute atomic E-state index is 10.2. The number of hydrogen-bond acceptors (Lipinski definition) is 6. The van der Waals surface area contributed by atoms with Crippen molar-refractivity contribution in [2.24, 2.45) is 0 Å². The Labute approximate surface area is 132 Å². The van der Waals surface area contributed by atoms with Crippen LogP contribution >= 0.6 is 22.9 Å². The van der Waals surface area contributed by atoms with Crippen LogP contribution in [0.2, 0.25) is 5.28 Å². The van der Waals surface area contributed by atoms with Crippen LogP contribution in [0, 0.1) is 0 Å². The van der Waals surface area contributed by atoms with Crippen LogP contribution in [0.5, 0.6) is 0 Å². The maximum atomic E-state index is 10.2. The highest BCUT2D eigenvalue weighted by Crippen LogP contribution is 2.38. The fraction of sp³-hybridized carbons (Fsp3) is 0.571. The minimum atomic E-state index is -0.897. The van der Waals surface area contributed by atoms with Crippen molar-refractivity contribution in [2.45, 2.75) is 32.4 Å². The first-order chi connectivity index (χ1) is 9.86. The minimum Gasteiger partial charge on any atom is -0.385 e. The molecule has 7 heteroatoms. The van der Waals surface area contributed by atoms with E-state index in [1.165, 1.54) is 11.3 Å². The second-order valence-corrected chi connectivity index (χ2v) is 7.21. The van der Waals surface area contributed by atoms with Crippen molar-refractivity contribution in [2.75, 3.05) is 24.7 Å². The molecule has 1 aliphatic heterocycles. The summed E-state index contributed by atoms with van der Waals surface area (Å²) in [7, 11) is 0. The highest BCUT2D eigenvalue weighted by molar-refractivity contribution is 7.19. The summed E-state index contributed by atoms with van der Waals surface area (Å²) in [4.78, 5) is 11.8. The third-order valence-electron chi connectivity index (χ3n) is 3.57. The van der Waals surface area contributed by atoms with Gasteiger partial charge in [-0.3, -0.25) is 0 Å². The molecule has 1 atom stereocenters. The molecule has 3 heterocycles. The first kappa shape index (κ1) is 15.0. The van der Waals surface area contributed by atoms with Gasteiger partial charge in [-0.2, -0.15) is 4.98 Å². The lowest BCUT2D eigenvalue weighted by Gasteiger charge is -2.34. The Morgan fingerprint density at radius 1 is 1.48 bits per heavy atom. The zero-order chi connectivity index (χ0) is 15.2. The molecule has 0 spiro atoms. The molecule has 0 aliphatic carbocycles. The van der Waals surface area contributed by atoms with Gasteiger partial charge in [0, 0.05) is 11.4 Å². The average molecular weight is 328 g/mol. The molecule has 0 amide bonds. The topological polar surface area (TPSA) is 58.5 Å². The van der Waals surface area contributed by atoms with Crippen LogP contribution in [0.25, 0.3) is 10.2 Å². The molecule has 1 saturated heterocycles. The van der Waals surface area contributed by atoms with E-state index in [4.69, 9.17) is 16.3 Å². The molecule has 0 bridgehead atoms. The number of hydrogen-bond donors (Lipinski definition) is 1. The Morgan fingerprint density at radius 2 is 2.24 bits per heavy atom. The average Bonchev–Trinajstić information content (AvgIpc) is 2.82. The number of halogens is 1. The number of fused-ring (bicyclic) bond motifs is 1. The van der Waals surface area contributed by atoms with E-state index < -0.39 is 5.60 Å². The molecule has 114 valence electrons. The van der Waals surface area contributed by atoms with E-state index in [0.29, 0.717) is 13.2 Å². The molecule has 1 fully saturated rings. The molecular weight excluding hydrogens is 310 g/mol. The van der Waals surface area contributed by atoms with Gasteiger partial charge in [0.15, 0.2) is 5.82 Å². The highest BCUT2D eigenvalue weighted by atomic mass is 35.5. The van der Waals surface area contributed by atoms with E-state index in [1.54, 1.807) is 13.8 Å². The molecule has 5 nitrogen and oxygen atoms in total. The van der Waals surface area contributed by atoms with Gasteiger partial charge in [0.2, 0.25) is 5.28 Å². The lowest BCUT2D eigenvalue weighted by molar-refractivity contribution is 0.0826. The molecular formula is C14H18ClN3O2S. The summed E-state index contributed by atoms with van der Waals surface area (Å²) in [5, 5.41) is 10.4. The zero-order valence-electron chi connectivity index (χ0n) is 12.3. The largest absolute Gasteiger partial charge is 0.385 e. The Morgan fingerprint density at radius 3 is 2.90 bits per heavy atom. The Kier molecular flexibility index (Phi) is 3.81. The molecule has 0 saturated carbocycles. The number of aromatic nitrogens is 2. The van der Waals surface area contributed by atoms with E-state index in [-0.39, 0.29) is 11.3 Å². The summed E-state index contributed by atoms with van der Waals surface area (Å²) < 4.78 is 6.44. The molecule has 3 rings (SSSR count). The van der Waals surface area contributed by atoms with E-state index in [1.807, 2.05) is 6.07 Å². The number of morpholine rings is 1. The number of aliphatic hydroxyl groups is 1. The molecule has 0 radical (unpaired) electrons. The van der Waals surface area contributed by atoms with E-state index in [2.05, 4.69) is 21.8 Å². The fourth-order valence-corrected chi connectivity index (χ4v) is 3.70. The Bertz CT molecular complexity index is 668. The maximum Gasteiger partial charge on any atom is 0.224 e. The molecule has 1 N–H and O–H groups in total. The van der Waals surface area contributed by atoms with E-state index in [0.717, 1.165) is 27.5 Å². The van der Waals surface area contributed by atoms with Crippen molar-refractivity contribution in [3.8, 4) is 0 Å². The predicted octanol–water partition coefficient (Wildman–Crippen LogP) is 2.80. The van der Waals surface area contributed by atoms with Gasteiger partial charge in [-0.15, -0.1) is 11.3 Å². The lowest BCUT2D eigenvalue weighted by atomic mass is 10.1. The van der Waals surface area contributed by atoms with Crippen LogP contribution < -0.4 is 4.90 Å². The molecule has 1 aliphatic rings. The third-order valence-corrected chi connectivity index (χ3v) is 5.17. The number of nitrogens with zero attached hydrogens (tertiary/aromatic N) is 3. The summed E-state index contributed by atoms with van der Waals surface area (Å²) in [6.07, 6.45) is 0. The molecule has 2 aromatic rings. The number of anilines is 1. The summed E-state index contributed by atoms with van der Waals surface area (Å²) >= 11 is 7.60. The quantitative estimate of drug-likeness (QED) is 0.859. The molecule has 0 aromatic carbocycles. The molecule has 21 heavy (non-hydrogen) atoms. The smallest absolute Gasteiger partial charge is 0.224 e. The summed E-state index contributed by atoms with van der Waals surface area (Å²) in [5.41, 5.74) is -0.114. The second kappa shape index (κ2) is 5.35. The van der Waals surface area contributed by atoms with Gasteiger partial charge in [0.25, 0.3) is 0 Å². The monoisotopic (exact) mass is 327 g/mol. The minimum absolute atomic E-state index is 0.233. The number of thiophene rings is 1. The van der Waals surface area contributed by atoms with E-state index in [9.17, 15) is 5.11 Å². The van der Waals surface area contributed by atoms with Crippen molar-refractivity contribution in [3.63, 3.8) is 0 Å². The van der Waals surface area contributed by atoms with Crippen LogP contribution in [-0.4, -0.2) is 40.9 Å². The highest BCUT2D eigenvalue weighted by Gasteiger charge is 2.26. The first-order valence-corrected chi connectivity index (χ1v) is 8.10. The number of ether oxygens (including phenoxy) is 1. The van der Waals surface area contributed by atoms with Gasteiger partial charge in [0.05, 0.1) is 35.1 Å². The lowest BCUT2D eigenvalue weighted by Crippen LogP contribution is -2.44. The van der Waals surface area contributed by atoms with Gasteiger partial charge in [-0.25, -0.2) is 4.98 Å². The second-order valence-electron chi connectivity index (χ2n) is 5.82. The fourth-order valence-electron chi connectivity index (χ4n) is 2.43. The predicted molar refractivity (Wildman–Crippen MR) is 85.3 cm³/mol. The van der Waals surface area contributed by atoms with Gasteiger partial charge >= 0.3 is 0 Å². The summed E-state index contributed by atoms with van der Waals surface area (Å²) in [5.74, 6) is 0.835. The van der Waals surface area contributed by atoms with Crippen LogP contribution in [0.3, 0.4) is 0 Å². The first-order valence-electron chi connectivity index (χ1n) is 6.90. The SMILES string of the molecule is C[C@@H]1COCCN1c1nc(Cl)nc2cc(C(C)(C)O)sc12. The number of rotatable bonds is 2. The summed E-state index contributed by atoms with van der Waals surface area (Å²) in [6, 6.07) is 2.13. The molecule has 2 aromatic heterocycles. The molecule has 0 unspecified atom stereocenters. The van der Waals surface area contributed by atoms with Crippen LogP contribution in [0.15, 0.2) is 6.07 Å². The van der Waals surface area contributed by atoms with Gasteiger partial charge in [-0.05, 0) is 38.4 Å². The Hall–Kier alpha value is -0.950. The van der Waals surface area contributed by atoms with Crippen LogP contribution in [-0.2, 0) is 10.3 Å². The van der Waals surface area contributed by atoms with Crippen molar-refractivity contribution in [3.05, 3.63) is 16.2 Å². The summed E-state index contributed by atoms with van der Waals surface area (Å²) in [6.45, 7) is 7.77. The Balaban J connectivity index is 2.14. The van der Waals surface area contributed by atoms with Gasteiger partial charge in [-0.1, -0.05) is 0 Å². The zero-order valence-corrected chi connectivity index (χ0v) is 13.8. The third kappa shape index (κ3) is 2.85. The van der Waals surface area contributed by atoms with Crippen molar-refractivity contribution >= 4 is 39.0 Å². The van der Waals surface area contributed by atoms with E-state index >= 15 is 0 Å². The van der Waals surface area contributed by atoms with Crippen molar-refractivity contribution < 1.29 is 9.84 Å². The normalized spacial score (nSPS) is 20.2. The van der Waals surface area contributed by atoms with Crippen LogP contribution in [0.1, 0.15) is 25.6 Å². The van der Waals surface area contributed by atoms with Gasteiger partial charge in [0.1, 0.15) is 0 Å². The van der Waals surface area contributed by atoms with Gasteiger partial charge < -0.3 is 14.7 Å². The van der Waals surface area contributed by atoms with Crippen molar-refractivity contribution in [1.82, 2.24) is 9.97 Å². The standard InChI is InChI=1S/C14H18ClN3O2S/c1-8-7-20-5-4-18(8)12-11-9(16-13(15)17-12)6-10(21-11)14(2,3)19/h6,8,19H,4-5,7H2,1-3H3/t8-/m1/s1.